The zero-order valence-electron chi connectivity index (χ0n) is 21.5. The molecule has 1 aliphatic rings. The van der Waals surface area contributed by atoms with Crippen LogP contribution in [0.1, 0.15) is 10.4 Å². The number of carbonyl (C=O) groups is 1. The van der Waals surface area contributed by atoms with Crippen LogP contribution >= 0.6 is 0 Å². The first-order chi connectivity index (χ1) is 18.0. The highest BCUT2D eigenvalue weighted by Crippen LogP contribution is 2.36. The number of hydrogen-bond acceptors (Lipinski definition) is 7. The third kappa shape index (κ3) is 4.80. The fourth-order valence-electron chi connectivity index (χ4n) is 4.68. The first-order valence-electron chi connectivity index (χ1n) is 12.2. The number of rotatable bonds is 6. The SMILES string of the molecule is COc1ccc(-c2ccc3ncnc(-c4ccc(C(=O)N5CCN(C)CC5)c(OC)c4)c3c2)cc1OC. The molecule has 2 heterocycles. The van der Waals surface area contributed by atoms with Gasteiger partial charge in [0.05, 0.1) is 38.1 Å². The van der Waals surface area contributed by atoms with E-state index in [2.05, 4.69) is 28.0 Å². The molecule has 8 nitrogen and oxygen atoms in total. The Hall–Kier alpha value is -4.17. The fraction of sp³-hybridized carbons (Fsp3) is 0.276. The molecule has 0 spiro atoms. The molecular formula is C29H30N4O4. The Labute approximate surface area is 216 Å². The van der Waals surface area contributed by atoms with E-state index in [-0.39, 0.29) is 5.91 Å². The molecule has 0 aliphatic carbocycles. The Balaban J connectivity index is 1.53. The van der Waals surface area contributed by atoms with Crippen molar-refractivity contribution in [2.75, 3.05) is 54.6 Å². The predicted octanol–water partition coefficient (Wildman–Crippen LogP) is 4.38. The maximum Gasteiger partial charge on any atom is 0.257 e. The van der Waals surface area contributed by atoms with E-state index in [0.717, 1.165) is 46.4 Å². The summed E-state index contributed by atoms with van der Waals surface area (Å²) in [7, 11) is 6.90. The summed E-state index contributed by atoms with van der Waals surface area (Å²) in [5, 5.41) is 0.898. The maximum atomic E-state index is 13.2. The van der Waals surface area contributed by atoms with Gasteiger partial charge in [0.1, 0.15) is 12.1 Å². The first-order valence-corrected chi connectivity index (χ1v) is 12.2. The van der Waals surface area contributed by atoms with E-state index in [9.17, 15) is 4.79 Å². The zero-order valence-corrected chi connectivity index (χ0v) is 21.5. The minimum Gasteiger partial charge on any atom is -0.496 e. The van der Waals surface area contributed by atoms with Crippen LogP contribution in [0.4, 0.5) is 0 Å². The van der Waals surface area contributed by atoms with Crippen LogP contribution in [0.5, 0.6) is 17.2 Å². The average Bonchev–Trinajstić information content (AvgIpc) is 2.95. The van der Waals surface area contributed by atoms with Gasteiger partial charge in [0.15, 0.2) is 11.5 Å². The normalized spacial score (nSPS) is 14.0. The Morgan fingerprint density at radius 2 is 1.38 bits per heavy atom. The molecule has 1 aromatic heterocycles. The lowest BCUT2D eigenvalue weighted by Gasteiger charge is -2.32. The number of ether oxygens (including phenoxy) is 3. The number of methoxy groups -OCH3 is 3. The standard InChI is InChI=1S/C29H30N4O4/c1-32-11-13-33(14-12-32)29(34)22-8-5-21(17-26(22)36-3)28-23-15-19(6-9-24(23)30-18-31-28)20-7-10-25(35-2)27(16-20)37-4/h5-10,15-18H,11-14H2,1-4H3. The van der Waals surface area contributed by atoms with Gasteiger partial charge in [0.2, 0.25) is 0 Å². The molecule has 0 unspecified atom stereocenters. The lowest BCUT2D eigenvalue weighted by molar-refractivity contribution is 0.0661. The summed E-state index contributed by atoms with van der Waals surface area (Å²) in [4.78, 5) is 26.4. The minimum atomic E-state index is -0.0141. The van der Waals surface area contributed by atoms with Crippen molar-refractivity contribution in [2.45, 2.75) is 0 Å². The van der Waals surface area contributed by atoms with Crippen LogP contribution in [0.3, 0.4) is 0 Å². The van der Waals surface area contributed by atoms with Crippen molar-refractivity contribution in [3.8, 4) is 39.6 Å². The molecule has 8 heteroatoms. The van der Waals surface area contributed by atoms with E-state index in [1.165, 1.54) is 0 Å². The highest BCUT2D eigenvalue weighted by molar-refractivity contribution is 5.99. The highest BCUT2D eigenvalue weighted by atomic mass is 16.5. The number of benzene rings is 3. The second-order valence-corrected chi connectivity index (χ2v) is 9.03. The van der Waals surface area contributed by atoms with Crippen molar-refractivity contribution < 1.29 is 19.0 Å². The van der Waals surface area contributed by atoms with Crippen molar-refractivity contribution in [3.05, 3.63) is 66.5 Å². The highest BCUT2D eigenvalue weighted by Gasteiger charge is 2.23. The quantitative estimate of drug-likeness (QED) is 0.391. The van der Waals surface area contributed by atoms with Gasteiger partial charge in [-0.15, -0.1) is 0 Å². The van der Waals surface area contributed by atoms with E-state index >= 15 is 0 Å². The molecular weight excluding hydrogens is 468 g/mol. The smallest absolute Gasteiger partial charge is 0.257 e. The van der Waals surface area contributed by atoms with E-state index in [4.69, 9.17) is 14.2 Å². The number of aromatic nitrogens is 2. The number of piperazine rings is 1. The first kappa shape index (κ1) is 24.5. The molecule has 1 saturated heterocycles. The molecule has 0 saturated carbocycles. The molecule has 1 fully saturated rings. The molecule has 1 amide bonds. The van der Waals surface area contributed by atoms with Crippen molar-refractivity contribution in [3.63, 3.8) is 0 Å². The van der Waals surface area contributed by atoms with Crippen molar-refractivity contribution in [1.29, 1.82) is 0 Å². The van der Waals surface area contributed by atoms with Crippen LogP contribution in [0.15, 0.2) is 60.9 Å². The molecule has 4 aromatic rings. The second-order valence-electron chi connectivity index (χ2n) is 9.03. The summed E-state index contributed by atoms with van der Waals surface area (Å²) in [6.45, 7) is 3.13. The maximum absolute atomic E-state index is 13.2. The van der Waals surface area contributed by atoms with Crippen molar-refractivity contribution >= 4 is 16.8 Å². The predicted molar refractivity (Wildman–Crippen MR) is 143 cm³/mol. The van der Waals surface area contributed by atoms with Gasteiger partial charge in [-0.2, -0.15) is 0 Å². The molecule has 190 valence electrons. The molecule has 5 rings (SSSR count). The minimum absolute atomic E-state index is 0.0141. The summed E-state index contributed by atoms with van der Waals surface area (Å²) >= 11 is 0. The summed E-state index contributed by atoms with van der Waals surface area (Å²) in [5.41, 5.74) is 4.98. The van der Waals surface area contributed by atoms with Crippen molar-refractivity contribution in [2.24, 2.45) is 0 Å². The molecule has 0 atom stereocenters. The van der Waals surface area contributed by atoms with Crippen molar-refractivity contribution in [1.82, 2.24) is 19.8 Å². The molecule has 0 radical (unpaired) electrons. The number of nitrogens with zero attached hydrogens (tertiary/aromatic N) is 4. The summed E-state index contributed by atoms with van der Waals surface area (Å²) in [6.07, 6.45) is 1.56. The van der Waals surface area contributed by atoms with Gasteiger partial charge >= 0.3 is 0 Å². The largest absolute Gasteiger partial charge is 0.496 e. The third-order valence-corrected chi connectivity index (χ3v) is 6.85. The van der Waals surface area contributed by atoms with Crippen LogP contribution < -0.4 is 14.2 Å². The number of fused-ring (bicyclic) bond motifs is 1. The van der Waals surface area contributed by atoms with Gasteiger partial charge in [-0.25, -0.2) is 9.97 Å². The van der Waals surface area contributed by atoms with Gasteiger partial charge in [0, 0.05) is 37.1 Å². The summed E-state index contributed by atoms with van der Waals surface area (Å²) < 4.78 is 16.5. The molecule has 0 N–H and O–H groups in total. The topological polar surface area (TPSA) is 77.0 Å². The van der Waals surface area contributed by atoms with Gasteiger partial charge < -0.3 is 24.0 Å². The van der Waals surface area contributed by atoms with Gasteiger partial charge in [-0.05, 0) is 54.6 Å². The molecule has 37 heavy (non-hydrogen) atoms. The Bertz CT molecular complexity index is 1450. The molecule has 1 aliphatic heterocycles. The van der Waals surface area contributed by atoms with Gasteiger partial charge in [0.25, 0.3) is 5.91 Å². The zero-order chi connectivity index (χ0) is 25.9. The van der Waals surface area contributed by atoms with E-state index in [1.807, 2.05) is 53.4 Å². The summed E-state index contributed by atoms with van der Waals surface area (Å²) in [6, 6.07) is 17.6. The Kier molecular flexibility index (Phi) is 6.92. The number of amides is 1. The fourth-order valence-corrected chi connectivity index (χ4v) is 4.68. The van der Waals surface area contributed by atoms with Crippen LogP contribution in [0, 0.1) is 0 Å². The van der Waals surface area contributed by atoms with Gasteiger partial charge in [-0.3, -0.25) is 4.79 Å². The monoisotopic (exact) mass is 498 g/mol. The number of hydrogen-bond donors (Lipinski definition) is 0. The van der Waals surface area contributed by atoms with Crippen LogP contribution in [-0.2, 0) is 0 Å². The van der Waals surface area contributed by atoms with E-state index in [1.54, 1.807) is 27.7 Å². The van der Waals surface area contributed by atoms with Gasteiger partial charge in [-0.1, -0.05) is 18.2 Å². The van der Waals surface area contributed by atoms with Crippen LogP contribution in [0.25, 0.3) is 33.3 Å². The average molecular weight is 499 g/mol. The van der Waals surface area contributed by atoms with E-state index in [0.29, 0.717) is 35.9 Å². The third-order valence-electron chi connectivity index (χ3n) is 6.85. The van der Waals surface area contributed by atoms with Crippen LogP contribution in [0.2, 0.25) is 0 Å². The Morgan fingerprint density at radius 1 is 0.730 bits per heavy atom. The number of likely N-dealkylation sites (N-methyl/N-ethyl adjacent to an activating group) is 1. The lowest BCUT2D eigenvalue weighted by atomic mass is 9.99. The Morgan fingerprint density at radius 3 is 2.11 bits per heavy atom. The van der Waals surface area contributed by atoms with Crippen LogP contribution in [-0.4, -0.2) is 80.2 Å². The molecule has 0 bridgehead atoms. The molecule has 3 aromatic carbocycles. The van der Waals surface area contributed by atoms with E-state index < -0.39 is 0 Å². The lowest BCUT2D eigenvalue weighted by Crippen LogP contribution is -2.47. The number of carbonyl (C=O) groups excluding carboxylic acids is 1. The summed E-state index contributed by atoms with van der Waals surface area (Å²) in [5.74, 6) is 1.85. The second kappa shape index (κ2) is 10.4.